The normalized spacial score (nSPS) is 10.8. The Labute approximate surface area is 120 Å². The van der Waals surface area contributed by atoms with E-state index in [-0.39, 0.29) is 11.8 Å². The Balaban J connectivity index is 2.02. The van der Waals surface area contributed by atoms with E-state index in [9.17, 15) is 9.18 Å². The van der Waals surface area contributed by atoms with Crippen molar-refractivity contribution in [1.82, 2.24) is 9.38 Å². The molecule has 5 heteroatoms. The Bertz CT molecular complexity index is 794. The third kappa shape index (κ3) is 2.50. The van der Waals surface area contributed by atoms with Crippen LogP contribution < -0.4 is 0 Å². The van der Waals surface area contributed by atoms with Gasteiger partial charge in [0.2, 0.25) is 0 Å². The van der Waals surface area contributed by atoms with Crippen LogP contribution in [0.2, 0.25) is 0 Å². The highest BCUT2D eigenvalue weighted by Gasteiger charge is 2.13. The van der Waals surface area contributed by atoms with E-state index in [1.165, 1.54) is 12.1 Å². The number of esters is 1. The first-order valence-corrected chi connectivity index (χ1v) is 6.59. The Hall–Kier alpha value is -2.69. The molecule has 0 aliphatic rings. The first-order chi connectivity index (χ1) is 10.2. The zero-order chi connectivity index (χ0) is 14.8. The fraction of sp³-hybridized carbons (Fsp3) is 0.125. The van der Waals surface area contributed by atoms with Crippen LogP contribution in [0.25, 0.3) is 16.8 Å². The van der Waals surface area contributed by atoms with Crippen molar-refractivity contribution in [1.29, 1.82) is 0 Å². The lowest BCUT2D eigenvalue weighted by Crippen LogP contribution is -2.04. The summed E-state index contributed by atoms with van der Waals surface area (Å²) in [6.45, 7) is 2.08. The number of halogens is 1. The molecule has 1 aromatic carbocycles. The maximum Gasteiger partial charge on any atom is 0.341 e. The van der Waals surface area contributed by atoms with Crippen LogP contribution in [-0.2, 0) is 4.74 Å². The summed E-state index contributed by atoms with van der Waals surface area (Å²) in [6, 6.07) is 7.86. The van der Waals surface area contributed by atoms with E-state index in [1.807, 2.05) is 6.20 Å². The molecule has 0 aliphatic heterocycles. The van der Waals surface area contributed by atoms with Gasteiger partial charge >= 0.3 is 5.97 Å². The monoisotopic (exact) mass is 284 g/mol. The zero-order valence-corrected chi connectivity index (χ0v) is 11.4. The number of carbonyl (C=O) groups excluding carboxylic acids is 1. The van der Waals surface area contributed by atoms with Gasteiger partial charge in [0.05, 0.1) is 6.61 Å². The van der Waals surface area contributed by atoms with E-state index < -0.39 is 0 Å². The lowest BCUT2D eigenvalue weighted by Gasteiger charge is -2.04. The summed E-state index contributed by atoms with van der Waals surface area (Å²) >= 11 is 0. The molecule has 106 valence electrons. The SMILES string of the molecule is CCOC(=O)c1ccn2cc(-c3ccc(F)cc3)cnc12. The lowest BCUT2D eigenvalue weighted by molar-refractivity contribution is 0.0528. The molecular weight excluding hydrogens is 271 g/mol. The van der Waals surface area contributed by atoms with Crippen molar-refractivity contribution in [2.24, 2.45) is 0 Å². The lowest BCUT2D eigenvalue weighted by atomic mass is 10.1. The second-order valence-electron chi connectivity index (χ2n) is 4.53. The molecule has 0 N–H and O–H groups in total. The average molecular weight is 284 g/mol. The van der Waals surface area contributed by atoms with Crippen LogP contribution in [-0.4, -0.2) is 22.0 Å². The second kappa shape index (κ2) is 5.36. The Kier molecular flexibility index (Phi) is 3.39. The topological polar surface area (TPSA) is 43.6 Å². The third-order valence-corrected chi connectivity index (χ3v) is 3.16. The van der Waals surface area contributed by atoms with Crippen molar-refractivity contribution < 1.29 is 13.9 Å². The summed E-state index contributed by atoms with van der Waals surface area (Å²) in [6.07, 6.45) is 5.26. The van der Waals surface area contributed by atoms with Crippen molar-refractivity contribution >= 4 is 11.6 Å². The highest BCUT2D eigenvalue weighted by atomic mass is 19.1. The highest BCUT2D eigenvalue weighted by Crippen LogP contribution is 2.21. The summed E-state index contributed by atoms with van der Waals surface area (Å²) in [4.78, 5) is 16.1. The zero-order valence-electron chi connectivity index (χ0n) is 11.4. The number of aromatic nitrogens is 2. The molecule has 4 nitrogen and oxygen atoms in total. The van der Waals surface area contributed by atoms with Crippen LogP contribution in [0.4, 0.5) is 4.39 Å². The minimum Gasteiger partial charge on any atom is -0.462 e. The van der Waals surface area contributed by atoms with Crippen LogP contribution in [0.3, 0.4) is 0 Å². The molecule has 0 atom stereocenters. The molecule has 0 saturated heterocycles. The Morgan fingerprint density at radius 2 is 2.00 bits per heavy atom. The van der Waals surface area contributed by atoms with Gasteiger partial charge in [0.15, 0.2) is 5.65 Å². The van der Waals surface area contributed by atoms with E-state index in [2.05, 4.69) is 4.98 Å². The molecule has 0 unspecified atom stereocenters. The van der Waals surface area contributed by atoms with Gasteiger partial charge in [-0.15, -0.1) is 0 Å². The number of carbonyl (C=O) groups is 1. The number of hydrogen-bond donors (Lipinski definition) is 0. The van der Waals surface area contributed by atoms with E-state index in [0.717, 1.165) is 11.1 Å². The van der Waals surface area contributed by atoms with Crippen molar-refractivity contribution in [2.45, 2.75) is 6.92 Å². The predicted octanol–water partition coefficient (Wildman–Crippen LogP) is 3.32. The summed E-state index contributed by atoms with van der Waals surface area (Å²) in [5, 5.41) is 0. The number of hydrogen-bond acceptors (Lipinski definition) is 3. The molecule has 21 heavy (non-hydrogen) atoms. The minimum atomic E-state index is -0.387. The van der Waals surface area contributed by atoms with Crippen molar-refractivity contribution in [2.75, 3.05) is 6.61 Å². The molecule has 0 spiro atoms. The van der Waals surface area contributed by atoms with Crippen molar-refractivity contribution in [3.8, 4) is 11.1 Å². The average Bonchev–Trinajstić information content (AvgIpc) is 2.91. The van der Waals surface area contributed by atoms with Gasteiger partial charge in [-0.1, -0.05) is 12.1 Å². The smallest absolute Gasteiger partial charge is 0.341 e. The van der Waals surface area contributed by atoms with Gasteiger partial charge in [0.25, 0.3) is 0 Å². The number of fused-ring (bicyclic) bond motifs is 1. The molecule has 2 aromatic heterocycles. The van der Waals surface area contributed by atoms with Crippen LogP contribution in [0, 0.1) is 5.82 Å². The van der Waals surface area contributed by atoms with Gasteiger partial charge in [-0.05, 0) is 30.7 Å². The van der Waals surface area contributed by atoms with Gasteiger partial charge < -0.3 is 9.14 Å². The van der Waals surface area contributed by atoms with E-state index >= 15 is 0 Å². The summed E-state index contributed by atoms with van der Waals surface area (Å²) in [5.74, 6) is -0.666. The molecule has 0 bridgehead atoms. The van der Waals surface area contributed by atoms with Gasteiger partial charge in [-0.3, -0.25) is 0 Å². The standard InChI is InChI=1S/C16H13FN2O2/c1-2-21-16(20)14-7-8-19-10-12(9-18-15(14)19)11-3-5-13(17)6-4-11/h3-10H,2H2,1H3. The maximum atomic E-state index is 12.9. The molecule has 2 heterocycles. The number of benzene rings is 1. The van der Waals surface area contributed by atoms with E-state index in [1.54, 1.807) is 41.9 Å². The first-order valence-electron chi connectivity index (χ1n) is 6.59. The van der Waals surface area contributed by atoms with Crippen LogP contribution >= 0.6 is 0 Å². The molecule has 3 rings (SSSR count). The van der Waals surface area contributed by atoms with E-state index in [0.29, 0.717) is 17.8 Å². The van der Waals surface area contributed by atoms with Crippen LogP contribution in [0.1, 0.15) is 17.3 Å². The van der Waals surface area contributed by atoms with Crippen LogP contribution in [0.5, 0.6) is 0 Å². The van der Waals surface area contributed by atoms with Crippen molar-refractivity contribution in [3.63, 3.8) is 0 Å². The fourth-order valence-electron chi connectivity index (χ4n) is 2.15. The second-order valence-corrected chi connectivity index (χ2v) is 4.53. The molecule has 0 saturated carbocycles. The molecule has 0 aliphatic carbocycles. The van der Waals surface area contributed by atoms with Gasteiger partial charge in [0, 0.05) is 24.2 Å². The molecule has 0 fully saturated rings. The molecular formula is C16H13FN2O2. The summed E-state index contributed by atoms with van der Waals surface area (Å²) < 4.78 is 19.7. The summed E-state index contributed by atoms with van der Waals surface area (Å²) in [7, 11) is 0. The van der Waals surface area contributed by atoms with Gasteiger partial charge in [0.1, 0.15) is 11.4 Å². The van der Waals surface area contributed by atoms with Gasteiger partial charge in [-0.25, -0.2) is 14.2 Å². The minimum absolute atomic E-state index is 0.279. The number of nitrogens with zero attached hydrogens (tertiary/aromatic N) is 2. The quantitative estimate of drug-likeness (QED) is 0.693. The summed E-state index contributed by atoms with van der Waals surface area (Å²) in [5.41, 5.74) is 2.67. The van der Waals surface area contributed by atoms with E-state index in [4.69, 9.17) is 4.74 Å². The number of rotatable bonds is 3. The highest BCUT2D eigenvalue weighted by molar-refractivity contribution is 5.96. The maximum absolute atomic E-state index is 12.9. The Morgan fingerprint density at radius 1 is 1.24 bits per heavy atom. The van der Waals surface area contributed by atoms with Gasteiger partial charge in [-0.2, -0.15) is 0 Å². The predicted molar refractivity (Wildman–Crippen MR) is 76.5 cm³/mol. The first kappa shape index (κ1) is 13.3. The van der Waals surface area contributed by atoms with Crippen LogP contribution in [0.15, 0.2) is 48.9 Å². The van der Waals surface area contributed by atoms with Crippen molar-refractivity contribution in [3.05, 3.63) is 60.3 Å². The largest absolute Gasteiger partial charge is 0.462 e. The molecule has 3 aromatic rings. The number of ether oxygens (including phenoxy) is 1. The molecule has 0 amide bonds. The third-order valence-electron chi connectivity index (χ3n) is 3.16. The molecule has 0 radical (unpaired) electrons. The fourth-order valence-corrected chi connectivity index (χ4v) is 2.15. The Morgan fingerprint density at radius 3 is 2.71 bits per heavy atom.